The van der Waals surface area contributed by atoms with Gasteiger partial charge in [0.05, 0.1) is 0 Å². The second kappa shape index (κ2) is 10.8. The Hall–Kier alpha value is -4.31. The summed E-state index contributed by atoms with van der Waals surface area (Å²) >= 11 is 2.17. The van der Waals surface area contributed by atoms with Gasteiger partial charge in [-0.25, -0.2) is 9.36 Å². The molecule has 1 saturated heterocycles. The average molecular weight is 546 g/mol. The van der Waals surface area contributed by atoms with E-state index in [4.69, 9.17) is 16.3 Å². The van der Waals surface area contributed by atoms with Crippen molar-refractivity contribution < 1.29 is 33.7 Å². The first kappa shape index (κ1) is 25.8. The van der Waals surface area contributed by atoms with E-state index in [0.717, 1.165) is 16.4 Å². The van der Waals surface area contributed by atoms with Gasteiger partial charge in [0.25, 0.3) is 17.7 Å². The molecule has 0 radical (unpaired) electrons. The first-order valence-electron chi connectivity index (χ1n) is 10.6. The highest BCUT2D eigenvalue weighted by atomic mass is 32.2. The Bertz CT molecular complexity index is 1370. The number of hydrogen-bond acceptors (Lipinski definition) is 11. The number of nitrogens with zero attached hydrogens (tertiary/aromatic N) is 5. The van der Waals surface area contributed by atoms with Crippen LogP contribution in [0.5, 0.6) is 0 Å². The van der Waals surface area contributed by atoms with E-state index >= 15 is 0 Å². The molecule has 2 aromatic heterocycles. The number of aliphatic carboxylic acids is 1. The Kier molecular flexibility index (Phi) is 7.49. The summed E-state index contributed by atoms with van der Waals surface area (Å²) < 4.78 is 5.64. The van der Waals surface area contributed by atoms with E-state index in [1.807, 2.05) is 0 Å². The van der Waals surface area contributed by atoms with Gasteiger partial charge in [-0.3, -0.25) is 19.3 Å². The van der Waals surface area contributed by atoms with Crippen molar-refractivity contribution in [2.75, 3.05) is 18.6 Å². The van der Waals surface area contributed by atoms with Gasteiger partial charge in [-0.1, -0.05) is 11.2 Å². The summed E-state index contributed by atoms with van der Waals surface area (Å²) in [6.45, 7) is 0.342. The predicted molar refractivity (Wildman–Crippen MR) is 132 cm³/mol. The van der Waals surface area contributed by atoms with E-state index in [-0.39, 0.29) is 28.1 Å². The number of nitrogen functional groups attached to an aromatic ring is 1. The van der Waals surface area contributed by atoms with Crippen molar-refractivity contribution in [3.05, 3.63) is 59.3 Å². The highest BCUT2D eigenvalue weighted by Gasteiger charge is 2.54. The maximum Gasteiger partial charge on any atom is 0.352 e. The lowest BCUT2D eigenvalue weighted by molar-refractivity contribution is -0.687. The largest absolute Gasteiger partial charge is 0.477 e. The zero-order chi connectivity index (χ0) is 26.7. The first-order valence-corrected chi connectivity index (χ1v) is 12.4. The van der Waals surface area contributed by atoms with Crippen LogP contribution in [0, 0.1) is 0 Å². The zero-order valence-corrected chi connectivity index (χ0v) is 20.9. The number of amides is 3. The fraction of sp³-hybridized carbons (Fsp3) is 0.238. The number of rotatable bonds is 9. The third kappa shape index (κ3) is 5.29. The van der Waals surface area contributed by atoms with Crippen LogP contribution in [0.15, 0.2) is 53.1 Å². The van der Waals surface area contributed by atoms with Crippen LogP contribution < -0.4 is 21.4 Å². The van der Waals surface area contributed by atoms with Crippen LogP contribution in [0.25, 0.3) is 0 Å². The fourth-order valence-corrected chi connectivity index (χ4v) is 5.44. The highest BCUT2D eigenvalue weighted by Crippen LogP contribution is 2.40. The quantitative estimate of drug-likeness (QED) is 0.129. The number of thioether (sulfide) groups is 1. The second-order valence-corrected chi connectivity index (χ2v) is 9.56. The number of β-lactam (4-membered cyclic amide) rings is 1. The molecular weight excluding hydrogens is 524 g/mol. The Morgan fingerprint density at radius 2 is 2.22 bits per heavy atom. The van der Waals surface area contributed by atoms with Crippen LogP contribution in [-0.4, -0.2) is 73.0 Å². The topological polar surface area (TPSA) is 207 Å². The van der Waals surface area contributed by atoms with Crippen molar-refractivity contribution in [2.24, 2.45) is 10.9 Å². The molecular formula is C21H21N8O6S2+. The molecule has 2 atom stereocenters. The molecule has 4 heterocycles. The minimum atomic E-state index is -1.27. The number of allylic oxidation sites excluding steroid dienone is 2. The number of carbonyl (C=O) groups excluding carboxylic acids is 3. The number of aromatic nitrogens is 3. The number of fused-ring (bicyclic) bond motifs is 1. The van der Waals surface area contributed by atoms with E-state index in [9.17, 15) is 24.3 Å². The Labute approximate surface area is 217 Å². The Balaban J connectivity index is 1.49. The summed E-state index contributed by atoms with van der Waals surface area (Å²) in [6, 6.07) is 2.28. The summed E-state index contributed by atoms with van der Waals surface area (Å²) in [7, 11) is 1.24. The van der Waals surface area contributed by atoms with Crippen molar-refractivity contribution in [1.29, 1.82) is 0 Å². The number of carbonyl (C=O) groups is 4. The third-order valence-corrected chi connectivity index (χ3v) is 7.16. The normalized spacial score (nSPS) is 19.4. The molecule has 1 fully saturated rings. The Morgan fingerprint density at radius 3 is 2.86 bits per heavy atom. The second-order valence-electron chi connectivity index (χ2n) is 7.67. The smallest absolute Gasteiger partial charge is 0.352 e. The van der Waals surface area contributed by atoms with Gasteiger partial charge in [-0.2, -0.15) is 9.36 Å². The van der Waals surface area contributed by atoms with Gasteiger partial charge in [-0.15, -0.1) is 11.8 Å². The lowest BCUT2D eigenvalue weighted by Gasteiger charge is -2.49. The summed E-state index contributed by atoms with van der Waals surface area (Å²) in [5.41, 5.74) is 11.2. The number of primary amides is 1. The molecule has 0 saturated carbocycles. The van der Waals surface area contributed by atoms with E-state index in [2.05, 4.69) is 19.8 Å². The molecule has 2 aromatic rings. The molecule has 2 aliphatic heterocycles. The van der Waals surface area contributed by atoms with Crippen molar-refractivity contribution in [2.45, 2.75) is 18.0 Å². The number of nitrogens with two attached hydrogens (primary N) is 2. The van der Waals surface area contributed by atoms with Crippen molar-refractivity contribution >= 4 is 57.8 Å². The molecule has 192 valence electrons. The maximum atomic E-state index is 12.9. The molecule has 6 N–H and O–H groups in total. The maximum absolute atomic E-state index is 12.9. The van der Waals surface area contributed by atoms with Gasteiger partial charge < -0.3 is 26.7 Å². The molecule has 0 aromatic carbocycles. The molecule has 4 rings (SSSR count). The number of hydrogen-bond donors (Lipinski definition) is 4. The fourth-order valence-electron chi connectivity index (χ4n) is 3.69. The predicted octanol–water partition coefficient (Wildman–Crippen LogP) is -1.15. The molecule has 0 bridgehead atoms. The molecule has 0 spiro atoms. The van der Waals surface area contributed by atoms with E-state index in [0.29, 0.717) is 17.7 Å². The van der Waals surface area contributed by atoms with Gasteiger partial charge in [0.2, 0.25) is 11.5 Å². The first-order chi connectivity index (χ1) is 17.7. The lowest BCUT2D eigenvalue weighted by atomic mass is 10.0. The number of pyridine rings is 1. The van der Waals surface area contributed by atoms with Crippen LogP contribution in [0.2, 0.25) is 0 Å². The molecule has 14 nitrogen and oxygen atoms in total. The number of anilines is 1. The number of carboxylic acid groups (broad SMARTS) is 1. The summed E-state index contributed by atoms with van der Waals surface area (Å²) in [4.78, 5) is 58.9. The zero-order valence-electron chi connectivity index (χ0n) is 19.2. The summed E-state index contributed by atoms with van der Waals surface area (Å²) in [5.74, 6) is -2.95. The SMILES string of the molecule is CON=C(C(=O)NC1C(=O)N2C(C(=O)O)=C(C=CC[n+]3cccc(C(N)=O)c3)CS[C@H]12)c1nsc(N)n1. The van der Waals surface area contributed by atoms with E-state index in [1.165, 1.54) is 18.9 Å². The van der Waals surface area contributed by atoms with Crippen LogP contribution in [0.1, 0.15) is 16.2 Å². The van der Waals surface area contributed by atoms with E-state index in [1.54, 1.807) is 41.2 Å². The van der Waals surface area contributed by atoms with Gasteiger partial charge in [-0.05, 0) is 17.7 Å². The lowest BCUT2D eigenvalue weighted by Crippen LogP contribution is -2.71. The minimum Gasteiger partial charge on any atom is -0.477 e. The minimum absolute atomic E-state index is 0.0560. The van der Waals surface area contributed by atoms with Gasteiger partial charge in [0.15, 0.2) is 24.1 Å². The number of carboxylic acids is 1. The van der Waals surface area contributed by atoms with Crippen LogP contribution in [0.3, 0.4) is 0 Å². The van der Waals surface area contributed by atoms with E-state index < -0.39 is 35.1 Å². The van der Waals surface area contributed by atoms with Gasteiger partial charge >= 0.3 is 5.97 Å². The van der Waals surface area contributed by atoms with Gasteiger partial charge in [0, 0.05) is 23.4 Å². The molecule has 37 heavy (non-hydrogen) atoms. The summed E-state index contributed by atoms with van der Waals surface area (Å²) in [6.07, 6.45) is 6.65. The molecule has 3 amide bonds. The Morgan fingerprint density at radius 1 is 1.43 bits per heavy atom. The molecule has 1 unspecified atom stereocenters. The van der Waals surface area contributed by atoms with Crippen LogP contribution in [-0.2, 0) is 25.8 Å². The third-order valence-electron chi connectivity index (χ3n) is 5.32. The van der Waals surface area contributed by atoms with Crippen molar-refractivity contribution in [1.82, 2.24) is 19.6 Å². The molecule has 16 heteroatoms. The van der Waals surface area contributed by atoms with Crippen LogP contribution in [0.4, 0.5) is 5.13 Å². The van der Waals surface area contributed by atoms with Crippen molar-refractivity contribution in [3.8, 4) is 0 Å². The molecule has 0 aliphatic carbocycles. The van der Waals surface area contributed by atoms with Crippen molar-refractivity contribution in [3.63, 3.8) is 0 Å². The van der Waals surface area contributed by atoms with Crippen LogP contribution >= 0.6 is 23.3 Å². The monoisotopic (exact) mass is 545 g/mol. The molecule has 2 aliphatic rings. The number of nitrogens with one attached hydrogen (secondary N) is 1. The summed E-state index contributed by atoms with van der Waals surface area (Å²) in [5, 5.41) is 15.5. The standard InChI is InChI=1S/C21H20N8O6S2/c1-35-26-12(16-25-21(23)37-27-16)17(31)24-13-18(32)29-14(20(33)34)11(9-36-19(13)29)5-3-7-28-6-2-4-10(8-28)15(22)30/h2-6,8,13,19H,7,9H2,1H3,(H5-,22,23,24,25,27,30,31,33,34)/p+1/t13?,19-/m1/s1. The van der Waals surface area contributed by atoms with Gasteiger partial charge in [0.1, 0.15) is 29.8 Å². The average Bonchev–Trinajstić information content (AvgIpc) is 3.30. The highest BCUT2D eigenvalue weighted by molar-refractivity contribution is 8.00. The number of oxime groups is 1.